The van der Waals surface area contributed by atoms with Crippen molar-refractivity contribution in [1.29, 1.82) is 0 Å². The van der Waals surface area contributed by atoms with E-state index >= 15 is 0 Å². The van der Waals surface area contributed by atoms with Gasteiger partial charge < -0.3 is 14.8 Å². The molecular formula is C16H26BrNO2. The van der Waals surface area contributed by atoms with E-state index in [4.69, 9.17) is 9.47 Å². The lowest BCUT2D eigenvalue weighted by Gasteiger charge is -2.22. The van der Waals surface area contributed by atoms with Crippen molar-refractivity contribution in [2.45, 2.75) is 59.7 Å². The van der Waals surface area contributed by atoms with E-state index in [0.29, 0.717) is 6.61 Å². The van der Waals surface area contributed by atoms with Gasteiger partial charge in [0.05, 0.1) is 12.7 Å². The van der Waals surface area contributed by atoms with E-state index in [-0.39, 0.29) is 11.6 Å². The molecule has 0 aromatic heterocycles. The lowest BCUT2D eigenvalue weighted by atomic mass is 10.1. The molecular weight excluding hydrogens is 318 g/mol. The van der Waals surface area contributed by atoms with E-state index < -0.39 is 0 Å². The van der Waals surface area contributed by atoms with Crippen LogP contribution in [-0.4, -0.2) is 18.2 Å². The van der Waals surface area contributed by atoms with E-state index in [9.17, 15) is 0 Å². The van der Waals surface area contributed by atoms with E-state index in [1.165, 1.54) is 5.56 Å². The van der Waals surface area contributed by atoms with Crippen molar-refractivity contribution in [3.8, 4) is 11.5 Å². The maximum atomic E-state index is 5.80. The van der Waals surface area contributed by atoms with Crippen molar-refractivity contribution >= 4 is 15.9 Å². The first kappa shape index (κ1) is 17.3. The number of rotatable bonds is 6. The zero-order valence-corrected chi connectivity index (χ0v) is 14.9. The van der Waals surface area contributed by atoms with Crippen molar-refractivity contribution in [2.24, 2.45) is 0 Å². The van der Waals surface area contributed by atoms with Crippen LogP contribution in [0.5, 0.6) is 11.5 Å². The smallest absolute Gasteiger partial charge is 0.162 e. The first-order valence-electron chi connectivity index (χ1n) is 7.10. The molecule has 0 aliphatic rings. The topological polar surface area (TPSA) is 30.5 Å². The number of halogens is 1. The van der Waals surface area contributed by atoms with E-state index in [1.807, 2.05) is 32.9 Å². The molecule has 0 heterocycles. The average molecular weight is 344 g/mol. The van der Waals surface area contributed by atoms with Crippen molar-refractivity contribution in [1.82, 2.24) is 5.32 Å². The molecule has 3 nitrogen and oxygen atoms in total. The van der Waals surface area contributed by atoms with Gasteiger partial charge in [-0.05, 0) is 59.2 Å². The van der Waals surface area contributed by atoms with Crippen LogP contribution >= 0.6 is 15.9 Å². The molecule has 0 aliphatic carbocycles. The molecule has 0 saturated heterocycles. The predicted octanol–water partition coefficient (Wildman–Crippen LogP) is 4.52. The van der Waals surface area contributed by atoms with Crippen LogP contribution in [0.25, 0.3) is 0 Å². The van der Waals surface area contributed by atoms with Gasteiger partial charge in [-0.15, -0.1) is 0 Å². The van der Waals surface area contributed by atoms with Gasteiger partial charge in [0.1, 0.15) is 0 Å². The van der Waals surface area contributed by atoms with Crippen LogP contribution in [0, 0.1) is 0 Å². The molecule has 1 aromatic carbocycles. The minimum absolute atomic E-state index is 0.0817. The standard InChI is InChI=1S/C16H26BrNO2/c1-7-19-14-8-12(10-18-16(4,5)6)13(17)9-15(14)20-11(2)3/h8-9,11,18H,7,10H2,1-6H3. The molecule has 1 N–H and O–H groups in total. The molecule has 1 aromatic rings. The summed E-state index contributed by atoms with van der Waals surface area (Å²) in [6.45, 7) is 13.9. The minimum atomic E-state index is 0.0817. The summed E-state index contributed by atoms with van der Waals surface area (Å²) in [6, 6.07) is 4.04. The van der Waals surface area contributed by atoms with Gasteiger partial charge in [-0.3, -0.25) is 0 Å². The van der Waals surface area contributed by atoms with Gasteiger partial charge in [0.25, 0.3) is 0 Å². The fourth-order valence-electron chi connectivity index (χ4n) is 1.69. The lowest BCUT2D eigenvalue weighted by Crippen LogP contribution is -2.35. The zero-order chi connectivity index (χ0) is 15.3. The fourth-order valence-corrected chi connectivity index (χ4v) is 2.15. The third-order valence-corrected chi connectivity index (χ3v) is 3.32. The Balaban J connectivity index is 2.99. The summed E-state index contributed by atoms with van der Waals surface area (Å²) in [4.78, 5) is 0. The van der Waals surface area contributed by atoms with Crippen LogP contribution in [0.3, 0.4) is 0 Å². The molecule has 4 heteroatoms. The molecule has 1 rings (SSSR count). The molecule has 114 valence electrons. The van der Waals surface area contributed by atoms with Gasteiger partial charge in [-0.1, -0.05) is 15.9 Å². The number of benzene rings is 1. The number of nitrogens with one attached hydrogen (secondary N) is 1. The maximum absolute atomic E-state index is 5.80. The van der Waals surface area contributed by atoms with Crippen molar-refractivity contribution in [3.63, 3.8) is 0 Å². The molecule has 0 radical (unpaired) electrons. The molecule has 20 heavy (non-hydrogen) atoms. The van der Waals surface area contributed by atoms with E-state index in [2.05, 4.69) is 42.0 Å². The zero-order valence-electron chi connectivity index (χ0n) is 13.3. The van der Waals surface area contributed by atoms with Crippen molar-refractivity contribution < 1.29 is 9.47 Å². The first-order chi connectivity index (χ1) is 9.23. The molecule has 0 amide bonds. The van der Waals surface area contributed by atoms with Gasteiger partial charge in [-0.25, -0.2) is 0 Å². The summed E-state index contributed by atoms with van der Waals surface area (Å²) < 4.78 is 12.5. The summed E-state index contributed by atoms with van der Waals surface area (Å²) in [5.41, 5.74) is 1.25. The number of ether oxygens (including phenoxy) is 2. The molecule has 0 saturated carbocycles. The Morgan fingerprint density at radius 3 is 2.35 bits per heavy atom. The highest BCUT2D eigenvalue weighted by Gasteiger charge is 2.14. The average Bonchev–Trinajstić information content (AvgIpc) is 2.29. The van der Waals surface area contributed by atoms with Gasteiger partial charge in [0.2, 0.25) is 0 Å². The Hall–Kier alpha value is -0.740. The fraction of sp³-hybridized carbons (Fsp3) is 0.625. The molecule has 0 unspecified atom stereocenters. The molecule has 0 atom stereocenters. The Kier molecular flexibility index (Phi) is 6.34. The second kappa shape index (κ2) is 7.32. The SMILES string of the molecule is CCOc1cc(CNC(C)(C)C)c(Br)cc1OC(C)C. The van der Waals surface area contributed by atoms with Gasteiger partial charge in [0.15, 0.2) is 11.5 Å². The summed E-state index contributed by atoms with van der Waals surface area (Å²) in [7, 11) is 0. The predicted molar refractivity (Wildman–Crippen MR) is 87.7 cm³/mol. The molecule has 0 bridgehead atoms. The summed E-state index contributed by atoms with van der Waals surface area (Å²) >= 11 is 3.61. The normalized spacial score (nSPS) is 11.8. The van der Waals surface area contributed by atoms with E-state index in [0.717, 1.165) is 22.5 Å². The van der Waals surface area contributed by atoms with Crippen LogP contribution in [-0.2, 0) is 6.54 Å². The maximum Gasteiger partial charge on any atom is 0.162 e. The van der Waals surface area contributed by atoms with Crippen LogP contribution in [0.2, 0.25) is 0 Å². The molecule has 0 spiro atoms. The highest BCUT2D eigenvalue weighted by atomic mass is 79.9. The minimum Gasteiger partial charge on any atom is -0.490 e. The second-order valence-electron chi connectivity index (χ2n) is 6.09. The van der Waals surface area contributed by atoms with Crippen molar-refractivity contribution in [3.05, 3.63) is 22.2 Å². The third kappa shape index (κ3) is 5.71. The Labute approximate surface area is 131 Å². The monoisotopic (exact) mass is 343 g/mol. The summed E-state index contributed by atoms with van der Waals surface area (Å²) in [5, 5.41) is 3.48. The lowest BCUT2D eigenvalue weighted by molar-refractivity contribution is 0.223. The van der Waals surface area contributed by atoms with Crippen molar-refractivity contribution in [2.75, 3.05) is 6.61 Å². The summed E-state index contributed by atoms with van der Waals surface area (Å²) in [5.74, 6) is 1.59. The quantitative estimate of drug-likeness (QED) is 0.823. The van der Waals surface area contributed by atoms with Crippen LogP contribution in [0.4, 0.5) is 0 Å². The van der Waals surface area contributed by atoms with Gasteiger partial charge in [-0.2, -0.15) is 0 Å². The van der Waals surface area contributed by atoms with E-state index in [1.54, 1.807) is 0 Å². The largest absolute Gasteiger partial charge is 0.490 e. The highest BCUT2D eigenvalue weighted by Crippen LogP contribution is 2.34. The van der Waals surface area contributed by atoms with Crippen LogP contribution in [0.1, 0.15) is 47.1 Å². The second-order valence-corrected chi connectivity index (χ2v) is 6.95. The van der Waals surface area contributed by atoms with Crippen LogP contribution in [0.15, 0.2) is 16.6 Å². The molecule has 0 aliphatic heterocycles. The van der Waals surface area contributed by atoms with Gasteiger partial charge in [0, 0.05) is 16.6 Å². The molecule has 0 fully saturated rings. The van der Waals surface area contributed by atoms with Gasteiger partial charge >= 0.3 is 0 Å². The number of hydrogen-bond donors (Lipinski definition) is 1. The Morgan fingerprint density at radius 2 is 1.85 bits per heavy atom. The first-order valence-corrected chi connectivity index (χ1v) is 7.89. The number of hydrogen-bond acceptors (Lipinski definition) is 3. The highest BCUT2D eigenvalue weighted by molar-refractivity contribution is 9.10. The third-order valence-electron chi connectivity index (χ3n) is 2.58. The Bertz CT molecular complexity index is 439. The summed E-state index contributed by atoms with van der Waals surface area (Å²) in [6.07, 6.45) is 0.125. The Morgan fingerprint density at radius 1 is 1.20 bits per heavy atom. The van der Waals surface area contributed by atoms with Crippen LogP contribution < -0.4 is 14.8 Å².